The van der Waals surface area contributed by atoms with Gasteiger partial charge in [0.05, 0.1) is 0 Å². The van der Waals surface area contributed by atoms with Gasteiger partial charge in [-0.3, -0.25) is 9.69 Å². The lowest BCUT2D eigenvalue weighted by molar-refractivity contribution is -0.128. The Bertz CT molecular complexity index is 831. The Morgan fingerprint density at radius 2 is 1.69 bits per heavy atom. The van der Waals surface area contributed by atoms with Gasteiger partial charge >= 0.3 is 6.03 Å². The van der Waals surface area contributed by atoms with Crippen LogP contribution in [0.15, 0.2) is 18.2 Å². The number of nitrogens with one attached hydrogen (secondary N) is 1. The predicted octanol–water partition coefficient (Wildman–Crippen LogP) is 3.48. The molecule has 1 N–H and O–H groups in total. The molecular formula is C23H28N2O4. The fourth-order valence-corrected chi connectivity index (χ4v) is 7.18. The molecule has 5 fully saturated rings. The van der Waals surface area contributed by atoms with Crippen LogP contribution in [0.25, 0.3) is 0 Å². The summed E-state index contributed by atoms with van der Waals surface area (Å²) in [6, 6.07) is 4.99. The number of rotatable bonds is 5. The number of carbonyl (C=O) groups is 2. The van der Waals surface area contributed by atoms with Crippen LogP contribution in [0.5, 0.6) is 11.5 Å². The van der Waals surface area contributed by atoms with Crippen molar-refractivity contribution >= 4 is 11.9 Å². The van der Waals surface area contributed by atoms with Crippen molar-refractivity contribution < 1.29 is 19.1 Å². The minimum absolute atomic E-state index is 0.0857. The minimum Gasteiger partial charge on any atom is -0.454 e. The first-order chi connectivity index (χ1) is 14.1. The molecule has 0 radical (unpaired) electrons. The first-order valence-electron chi connectivity index (χ1n) is 11.1. The number of hydrogen-bond donors (Lipinski definition) is 1. The van der Waals surface area contributed by atoms with Gasteiger partial charge in [-0.05, 0) is 85.8 Å². The number of benzene rings is 1. The van der Waals surface area contributed by atoms with Gasteiger partial charge in [-0.1, -0.05) is 6.07 Å². The van der Waals surface area contributed by atoms with Gasteiger partial charge in [-0.25, -0.2) is 4.79 Å². The molecule has 2 heterocycles. The van der Waals surface area contributed by atoms with E-state index in [1.807, 2.05) is 18.2 Å². The Morgan fingerprint density at radius 3 is 2.41 bits per heavy atom. The molecule has 0 aromatic heterocycles. The second kappa shape index (κ2) is 6.38. The van der Waals surface area contributed by atoms with E-state index in [0.717, 1.165) is 35.5 Å². The summed E-state index contributed by atoms with van der Waals surface area (Å²) < 4.78 is 10.8. The molecule has 6 nitrogen and oxygen atoms in total. The average Bonchev–Trinajstić information content (AvgIpc) is 3.23. The zero-order valence-corrected chi connectivity index (χ0v) is 16.7. The fraction of sp³-hybridized carbons (Fsp3) is 0.652. The molecule has 3 amide bonds. The molecule has 1 aromatic carbocycles. The van der Waals surface area contributed by atoms with Crippen molar-refractivity contribution in [2.75, 3.05) is 13.3 Å². The van der Waals surface area contributed by atoms with E-state index >= 15 is 0 Å². The van der Waals surface area contributed by atoms with E-state index < -0.39 is 6.04 Å². The predicted molar refractivity (Wildman–Crippen MR) is 106 cm³/mol. The molecule has 154 valence electrons. The minimum atomic E-state index is -0.487. The summed E-state index contributed by atoms with van der Waals surface area (Å²) in [5, 5.41) is 2.89. The van der Waals surface area contributed by atoms with E-state index in [1.165, 1.54) is 43.4 Å². The third-order valence-corrected chi connectivity index (χ3v) is 8.01. The summed E-state index contributed by atoms with van der Waals surface area (Å²) in [5.41, 5.74) is 1.35. The summed E-state index contributed by atoms with van der Waals surface area (Å²) >= 11 is 0. The van der Waals surface area contributed by atoms with Crippen molar-refractivity contribution in [3.8, 4) is 11.5 Å². The molecule has 7 rings (SSSR count). The lowest BCUT2D eigenvalue weighted by Crippen LogP contribution is -2.47. The van der Waals surface area contributed by atoms with Gasteiger partial charge in [0, 0.05) is 13.0 Å². The Morgan fingerprint density at radius 1 is 1.00 bits per heavy atom. The quantitative estimate of drug-likeness (QED) is 0.774. The molecule has 1 saturated heterocycles. The third kappa shape index (κ3) is 2.99. The Kier molecular flexibility index (Phi) is 3.87. The molecule has 4 aliphatic carbocycles. The monoisotopic (exact) mass is 396 g/mol. The maximum absolute atomic E-state index is 13.0. The zero-order chi connectivity index (χ0) is 19.6. The van der Waals surface area contributed by atoms with Crippen LogP contribution in [0, 0.1) is 23.2 Å². The molecule has 1 aromatic rings. The number of amides is 3. The molecule has 1 atom stereocenters. The Hall–Kier alpha value is -2.24. The molecule has 0 spiro atoms. The van der Waals surface area contributed by atoms with Gasteiger partial charge in [0.2, 0.25) is 6.79 Å². The summed E-state index contributed by atoms with van der Waals surface area (Å²) in [4.78, 5) is 27.0. The highest BCUT2D eigenvalue weighted by molar-refractivity contribution is 6.04. The van der Waals surface area contributed by atoms with Crippen LogP contribution in [0.2, 0.25) is 0 Å². The maximum Gasteiger partial charge on any atom is 0.324 e. The van der Waals surface area contributed by atoms with Crippen molar-refractivity contribution in [1.82, 2.24) is 10.2 Å². The number of nitrogens with zero attached hydrogens (tertiary/aromatic N) is 1. The summed E-state index contributed by atoms with van der Waals surface area (Å²) in [6.45, 7) is 0.796. The molecule has 2 aliphatic heterocycles. The van der Waals surface area contributed by atoms with Crippen LogP contribution >= 0.6 is 0 Å². The topological polar surface area (TPSA) is 67.9 Å². The second-order valence-corrected chi connectivity index (χ2v) is 10.1. The summed E-state index contributed by atoms with van der Waals surface area (Å²) in [7, 11) is 0. The number of imide groups is 1. The first kappa shape index (κ1) is 17.6. The SMILES string of the molecule is O=C1N[C@H](Cc2ccc3c(c2)OCO3)C(=O)N1CCC12CC3CC(CC(C3)C1)C2. The molecule has 4 bridgehead atoms. The fourth-order valence-electron chi connectivity index (χ4n) is 7.18. The van der Waals surface area contributed by atoms with E-state index in [9.17, 15) is 9.59 Å². The van der Waals surface area contributed by atoms with Gasteiger partial charge < -0.3 is 14.8 Å². The highest BCUT2D eigenvalue weighted by Crippen LogP contribution is 2.61. The van der Waals surface area contributed by atoms with Crippen LogP contribution < -0.4 is 14.8 Å². The normalized spacial score (nSPS) is 36.8. The van der Waals surface area contributed by atoms with E-state index in [0.29, 0.717) is 24.1 Å². The van der Waals surface area contributed by atoms with Gasteiger partial charge in [0.1, 0.15) is 6.04 Å². The van der Waals surface area contributed by atoms with Crippen LogP contribution in [-0.2, 0) is 11.2 Å². The molecule has 6 heteroatoms. The number of hydrogen-bond acceptors (Lipinski definition) is 4. The maximum atomic E-state index is 13.0. The smallest absolute Gasteiger partial charge is 0.324 e. The Balaban J connectivity index is 1.11. The lowest BCUT2D eigenvalue weighted by Gasteiger charge is -2.57. The number of ether oxygens (including phenoxy) is 2. The molecule has 6 aliphatic rings. The zero-order valence-electron chi connectivity index (χ0n) is 16.7. The number of fused-ring (bicyclic) bond motifs is 1. The number of urea groups is 1. The standard InChI is InChI=1S/C23H28N2O4/c26-21-18(8-14-1-2-19-20(9-14)29-13-28-19)24-22(27)25(21)4-3-23-10-15-5-16(11-23)7-17(6-15)12-23/h1-2,9,15-18H,3-8,10-13H2,(H,24,27)/t15?,16?,17?,18-,23?/m1/s1. The highest BCUT2D eigenvalue weighted by Gasteiger charge is 2.51. The van der Waals surface area contributed by atoms with Crippen molar-refractivity contribution in [3.05, 3.63) is 23.8 Å². The van der Waals surface area contributed by atoms with Crippen molar-refractivity contribution in [2.24, 2.45) is 23.2 Å². The summed E-state index contributed by atoms with van der Waals surface area (Å²) in [5.74, 6) is 4.03. The summed E-state index contributed by atoms with van der Waals surface area (Å²) in [6.07, 6.45) is 9.64. The van der Waals surface area contributed by atoms with Crippen LogP contribution in [-0.4, -0.2) is 36.2 Å². The van der Waals surface area contributed by atoms with Gasteiger partial charge in [0.15, 0.2) is 11.5 Å². The lowest BCUT2D eigenvalue weighted by atomic mass is 9.49. The second-order valence-electron chi connectivity index (χ2n) is 10.1. The third-order valence-electron chi connectivity index (χ3n) is 8.01. The average molecular weight is 396 g/mol. The van der Waals surface area contributed by atoms with Gasteiger partial charge in [-0.15, -0.1) is 0 Å². The first-order valence-corrected chi connectivity index (χ1v) is 11.1. The molecule has 4 saturated carbocycles. The largest absolute Gasteiger partial charge is 0.454 e. The van der Waals surface area contributed by atoms with Gasteiger partial charge in [-0.2, -0.15) is 0 Å². The van der Waals surface area contributed by atoms with Crippen LogP contribution in [0.1, 0.15) is 50.5 Å². The highest BCUT2D eigenvalue weighted by atomic mass is 16.7. The van der Waals surface area contributed by atoms with Crippen LogP contribution in [0.3, 0.4) is 0 Å². The van der Waals surface area contributed by atoms with Crippen molar-refractivity contribution in [2.45, 2.75) is 57.4 Å². The van der Waals surface area contributed by atoms with E-state index in [1.54, 1.807) is 0 Å². The Labute approximate surface area is 170 Å². The van der Waals surface area contributed by atoms with E-state index in [4.69, 9.17) is 9.47 Å². The van der Waals surface area contributed by atoms with Crippen molar-refractivity contribution in [3.63, 3.8) is 0 Å². The van der Waals surface area contributed by atoms with E-state index in [-0.39, 0.29) is 18.7 Å². The van der Waals surface area contributed by atoms with Crippen LogP contribution in [0.4, 0.5) is 4.79 Å². The molecule has 0 unspecified atom stereocenters. The van der Waals surface area contributed by atoms with Crippen molar-refractivity contribution in [1.29, 1.82) is 0 Å². The molecule has 29 heavy (non-hydrogen) atoms. The van der Waals surface area contributed by atoms with Gasteiger partial charge in [0.25, 0.3) is 5.91 Å². The molecular weight excluding hydrogens is 368 g/mol. The van der Waals surface area contributed by atoms with E-state index in [2.05, 4.69) is 5.32 Å². The number of carbonyl (C=O) groups excluding carboxylic acids is 2.